The third-order valence-electron chi connectivity index (χ3n) is 17.3. The number of carbonyl (C=O) groups is 4. The van der Waals surface area contributed by atoms with Crippen LogP contribution in [0.4, 0.5) is 0 Å². The number of methoxy groups -OCH3 is 1. The standard InChI is InChI=1S/C53H64N8O16/c1-57-50(56)60-29-15-23-9-12-51(26-4-6-32(54)59-19-26)25(11-14-62)3-5-27-36(42(23)51)39(29)44(67)41-37(27)43(66)38-28(21-63)30(75-2)17-31(40(38)45(41)68)76-48-46(69)47(70)52(73,53(74,77-48)49(71)72)18-24(22-10-13-58-33(55)16-22)20-61-34(64)7-8-35(61)65/h4,6-8,10,16-17,19,23-25,29,32,42,46-49,58-59,62-63,67,69-74H,3,5,9,11-15,18,20-21,54-55H2,1-2H3,(H3,56,57,60). The second-order valence-electron chi connectivity index (χ2n) is 21.0. The molecule has 8 aliphatic rings. The van der Waals surface area contributed by atoms with Crippen molar-refractivity contribution in [1.82, 2.24) is 20.9 Å². The zero-order chi connectivity index (χ0) is 55.2. The van der Waals surface area contributed by atoms with Crippen LogP contribution in [-0.4, -0.2) is 156 Å². The number of aliphatic imine (C=N–C) groups is 1. The Hall–Kier alpha value is -6.71. The molecule has 2 aromatic rings. The van der Waals surface area contributed by atoms with Crippen LogP contribution in [0.25, 0.3) is 0 Å². The maximum absolute atomic E-state index is 15.8. The summed E-state index contributed by atoms with van der Waals surface area (Å²) in [6.07, 6.45) is 1.58. The normalized spacial score (nSPS) is 32.6. The number of aromatic hydroxyl groups is 1. The highest BCUT2D eigenvalue weighted by Crippen LogP contribution is 2.69. The maximum Gasteiger partial charge on any atom is 0.253 e. The minimum absolute atomic E-state index is 0.0391. The van der Waals surface area contributed by atoms with E-state index in [1.54, 1.807) is 6.08 Å². The molecule has 4 aliphatic heterocycles. The summed E-state index contributed by atoms with van der Waals surface area (Å²) in [6.45, 7) is -1.38. The number of rotatable bonds is 14. The van der Waals surface area contributed by atoms with Gasteiger partial charge in [0.1, 0.15) is 29.5 Å². The van der Waals surface area contributed by atoms with E-state index in [0.29, 0.717) is 42.4 Å². The first-order valence-electron chi connectivity index (χ1n) is 25.5. The van der Waals surface area contributed by atoms with E-state index in [1.807, 2.05) is 18.4 Å². The van der Waals surface area contributed by atoms with E-state index in [1.165, 1.54) is 20.2 Å². The van der Waals surface area contributed by atoms with Gasteiger partial charge in [0.15, 0.2) is 17.3 Å². The molecule has 4 aliphatic carbocycles. The van der Waals surface area contributed by atoms with Gasteiger partial charge in [-0.15, -0.1) is 0 Å². The molecular formula is C53H64N8O16. The third-order valence-corrected chi connectivity index (χ3v) is 17.3. The number of hydrogen-bond acceptors (Lipinski definition) is 21. The second-order valence-corrected chi connectivity index (χ2v) is 21.0. The van der Waals surface area contributed by atoms with E-state index in [4.69, 9.17) is 31.4 Å². The van der Waals surface area contributed by atoms with E-state index in [-0.39, 0.29) is 71.6 Å². The highest BCUT2D eigenvalue weighted by atomic mass is 16.8. The number of dihydropyridines is 2. The van der Waals surface area contributed by atoms with Crippen LogP contribution in [0.3, 0.4) is 0 Å². The minimum Gasteiger partial charge on any atom is -0.507 e. The number of allylic oxidation sites excluding steroid dienone is 3. The fourth-order valence-electron chi connectivity index (χ4n) is 13.9. The van der Waals surface area contributed by atoms with Gasteiger partial charge in [0.25, 0.3) is 17.6 Å². The Labute approximate surface area is 440 Å². The van der Waals surface area contributed by atoms with Gasteiger partial charge in [-0.05, 0) is 97.1 Å². The van der Waals surface area contributed by atoms with Crippen LogP contribution in [0, 0.1) is 23.2 Å². The average Bonchev–Trinajstić information content (AvgIpc) is 4.16. The number of amides is 2. The fourth-order valence-corrected chi connectivity index (χ4v) is 13.9. The Morgan fingerprint density at radius 3 is 2.38 bits per heavy atom. The third kappa shape index (κ3) is 8.23. The number of carbonyl (C=O) groups excluding carboxylic acids is 4. The topological polar surface area (TPSA) is 408 Å². The molecule has 24 heteroatoms. The summed E-state index contributed by atoms with van der Waals surface area (Å²) in [5, 5.41) is 114. The molecule has 0 bridgehead atoms. The van der Waals surface area contributed by atoms with E-state index >= 15 is 9.59 Å². The van der Waals surface area contributed by atoms with E-state index < -0.39 is 131 Å². The summed E-state index contributed by atoms with van der Waals surface area (Å²) in [5.41, 5.74) is 15.6. The van der Waals surface area contributed by atoms with Gasteiger partial charge in [0, 0.05) is 84.7 Å². The molecule has 0 aromatic heterocycles. The predicted molar refractivity (Wildman–Crippen MR) is 270 cm³/mol. The molecule has 0 radical (unpaired) electrons. The molecule has 4 heterocycles. The number of ether oxygens (including phenoxy) is 3. The first-order valence-corrected chi connectivity index (χ1v) is 25.5. The molecular weight excluding hydrogens is 1000 g/mol. The van der Waals surface area contributed by atoms with Crippen molar-refractivity contribution < 1.29 is 79.3 Å². The quantitative estimate of drug-likeness (QED) is 0.0354. The molecule has 2 amide bonds. The van der Waals surface area contributed by atoms with Gasteiger partial charge in [-0.3, -0.25) is 29.1 Å². The number of nitrogens with two attached hydrogens (primary N) is 3. The predicted octanol–water partition coefficient (Wildman–Crippen LogP) is -2.15. The lowest BCUT2D eigenvalue weighted by molar-refractivity contribution is -0.456. The van der Waals surface area contributed by atoms with Crippen LogP contribution < -0.4 is 42.6 Å². The van der Waals surface area contributed by atoms with Gasteiger partial charge >= 0.3 is 0 Å². The summed E-state index contributed by atoms with van der Waals surface area (Å²) in [5.74, 6) is -10.0. The van der Waals surface area contributed by atoms with Crippen molar-refractivity contribution in [2.75, 3.05) is 33.9 Å². The average molecular weight is 1070 g/mol. The number of guanidine groups is 1. The summed E-state index contributed by atoms with van der Waals surface area (Å²) >= 11 is 0. The van der Waals surface area contributed by atoms with Crippen LogP contribution in [0.2, 0.25) is 0 Å². The number of nitrogens with one attached hydrogen (secondary N) is 3. The lowest BCUT2D eigenvalue weighted by atomic mass is 9.56. The molecule has 2 aromatic carbocycles. The Bertz CT molecular complexity index is 3010. The van der Waals surface area contributed by atoms with Crippen LogP contribution in [0.5, 0.6) is 17.2 Å². The van der Waals surface area contributed by atoms with Gasteiger partial charge in [-0.2, -0.15) is 0 Å². The molecule has 412 valence electrons. The number of phenolic OH excluding ortho intramolecular Hbond substituents is 1. The number of benzene rings is 2. The fraction of sp³-hybridized carbons (Fsp3) is 0.491. The van der Waals surface area contributed by atoms with Crippen molar-refractivity contribution in [3.63, 3.8) is 0 Å². The van der Waals surface area contributed by atoms with Gasteiger partial charge in [0.2, 0.25) is 18.4 Å². The second kappa shape index (κ2) is 19.9. The Balaban J connectivity index is 1.10. The Morgan fingerprint density at radius 2 is 1.74 bits per heavy atom. The lowest BCUT2D eigenvalue weighted by Gasteiger charge is -2.54. The summed E-state index contributed by atoms with van der Waals surface area (Å²) in [7, 11) is 2.69. The SMILES string of the molecule is CN=C(N)NC1CC2CCC3(C4=CNC(N)C=C4)C(CCO)CCc4c5c(c(O)c1c4C23)C(=O)c1c(OC2OC(O)(C(O)O)C(O)(CC(CN3C(=O)C=CC3=O)C3=CCNC(N)=C3)C(O)C2O)cc(OC)c(CO)c1C5=O. The van der Waals surface area contributed by atoms with Crippen LogP contribution in [0.15, 0.2) is 70.7 Å². The van der Waals surface area contributed by atoms with Crippen molar-refractivity contribution in [1.29, 1.82) is 0 Å². The van der Waals surface area contributed by atoms with Gasteiger partial charge in [0.05, 0.1) is 42.9 Å². The first kappa shape index (κ1) is 53.7. The molecule has 12 unspecified atom stereocenters. The molecule has 0 spiro atoms. The largest absolute Gasteiger partial charge is 0.507 e. The summed E-state index contributed by atoms with van der Waals surface area (Å²) < 4.78 is 17.5. The van der Waals surface area contributed by atoms with Crippen LogP contribution in [-0.2, 0) is 27.4 Å². The molecule has 18 N–H and O–H groups in total. The lowest BCUT2D eigenvalue weighted by Crippen LogP contribution is -2.77. The Kier molecular flexibility index (Phi) is 13.9. The van der Waals surface area contributed by atoms with Crippen molar-refractivity contribution in [2.24, 2.45) is 45.4 Å². The zero-order valence-corrected chi connectivity index (χ0v) is 42.2. The minimum atomic E-state index is -3.69. The van der Waals surface area contributed by atoms with Gasteiger partial charge in [-0.25, -0.2) is 0 Å². The van der Waals surface area contributed by atoms with Crippen LogP contribution in [0.1, 0.15) is 105 Å². The van der Waals surface area contributed by atoms with Crippen LogP contribution >= 0.6 is 0 Å². The molecule has 1 saturated heterocycles. The molecule has 2 fully saturated rings. The number of imide groups is 1. The van der Waals surface area contributed by atoms with Gasteiger partial charge in [-0.1, -0.05) is 12.2 Å². The van der Waals surface area contributed by atoms with E-state index in [9.17, 15) is 55.5 Å². The van der Waals surface area contributed by atoms with E-state index in [0.717, 1.165) is 35.1 Å². The molecule has 24 nitrogen and oxygen atoms in total. The molecule has 77 heavy (non-hydrogen) atoms. The van der Waals surface area contributed by atoms with Crippen molar-refractivity contribution >= 4 is 29.3 Å². The maximum atomic E-state index is 15.8. The van der Waals surface area contributed by atoms with E-state index in [2.05, 4.69) is 20.9 Å². The zero-order valence-electron chi connectivity index (χ0n) is 42.2. The number of nitrogens with zero attached hydrogens (tertiary/aromatic N) is 2. The molecule has 10 rings (SSSR count). The molecule has 1 saturated carbocycles. The number of phenols is 1. The number of hydrogen-bond donors (Lipinski definition) is 15. The highest BCUT2D eigenvalue weighted by molar-refractivity contribution is 6.31. The number of fused-ring (bicyclic) bond motifs is 3. The number of ketones is 2. The smallest absolute Gasteiger partial charge is 0.253 e. The first-order chi connectivity index (χ1) is 36.7. The molecule has 12 atom stereocenters. The van der Waals surface area contributed by atoms with Crippen molar-refractivity contribution in [3.8, 4) is 17.2 Å². The summed E-state index contributed by atoms with van der Waals surface area (Å²) in [6, 6.07) is 0.318. The number of aliphatic hydroxyl groups excluding tert-OH is 5. The Morgan fingerprint density at radius 1 is 1.01 bits per heavy atom. The highest BCUT2D eigenvalue weighted by Gasteiger charge is 2.68. The summed E-state index contributed by atoms with van der Waals surface area (Å²) in [4.78, 5) is 61.9. The van der Waals surface area contributed by atoms with Crippen molar-refractivity contribution in [3.05, 3.63) is 110 Å². The number of aliphatic hydroxyl groups is 8. The van der Waals surface area contributed by atoms with Gasteiger partial charge < -0.3 is 93.3 Å². The monoisotopic (exact) mass is 1070 g/mol. The van der Waals surface area contributed by atoms with Crippen molar-refractivity contribution in [2.45, 2.75) is 106 Å².